The Kier molecular flexibility index (Phi) is 5.36. The van der Waals surface area contributed by atoms with Gasteiger partial charge in [0, 0.05) is 51.7 Å². The minimum Gasteiger partial charge on any atom is -0.468 e. The van der Waals surface area contributed by atoms with Crippen LogP contribution in [0, 0.1) is 0 Å². The normalized spacial score (nSPS) is 31.2. The van der Waals surface area contributed by atoms with E-state index >= 15 is 0 Å². The highest BCUT2D eigenvalue weighted by Gasteiger charge is 2.43. The van der Waals surface area contributed by atoms with E-state index in [-0.39, 0.29) is 0 Å². The van der Waals surface area contributed by atoms with Crippen LogP contribution in [0.25, 0.3) is 0 Å². The number of nitrogens with zero attached hydrogens (tertiary/aromatic N) is 3. The van der Waals surface area contributed by atoms with Gasteiger partial charge in [0.2, 0.25) is 5.72 Å². The summed E-state index contributed by atoms with van der Waals surface area (Å²) in [5.41, 5.74) is -0.773. The molecule has 0 radical (unpaired) electrons. The Morgan fingerprint density at radius 2 is 1.87 bits per heavy atom. The largest absolute Gasteiger partial charge is 0.468 e. The summed E-state index contributed by atoms with van der Waals surface area (Å²) in [6.45, 7) is 12.4. The zero-order chi connectivity index (χ0) is 16.3. The molecule has 0 aromatic carbocycles. The van der Waals surface area contributed by atoms with E-state index < -0.39 is 5.72 Å². The maximum atomic E-state index is 11.8. The number of hydrogen-bond acceptors (Lipinski definition) is 6. The molecule has 6 heteroatoms. The highest BCUT2D eigenvalue weighted by atomic mass is 16.5. The van der Waals surface area contributed by atoms with Crippen molar-refractivity contribution in [3.63, 3.8) is 0 Å². The Bertz CT molecular complexity index is 440. The van der Waals surface area contributed by atoms with Crippen molar-refractivity contribution in [2.24, 2.45) is 0 Å². The minimum absolute atomic E-state index is 0.559. The van der Waals surface area contributed by atoms with Crippen LogP contribution in [0.15, 0.2) is 11.8 Å². The standard InChI is InChI=1S/C17H29N3O3/c1-15(2)19-5-7-20(8-6-19)17(14-21)4-3-16(23-17)13-18-9-11-22-12-10-18/h3,14-15H,4-13H2,1-2H3. The van der Waals surface area contributed by atoms with Crippen LogP contribution in [0.2, 0.25) is 0 Å². The van der Waals surface area contributed by atoms with Gasteiger partial charge in [-0.05, 0) is 19.9 Å². The molecule has 0 aromatic rings. The van der Waals surface area contributed by atoms with Gasteiger partial charge in [-0.15, -0.1) is 0 Å². The van der Waals surface area contributed by atoms with Crippen molar-refractivity contribution in [3.8, 4) is 0 Å². The third-order valence-corrected chi connectivity index (χ3v) is 5.18. The van der Waals surface area contributed by atoms with Crippen LogP contribution in [0.4, 0.5) is 0 Å². The van der Waals surface area contributed by atoms with Crippen LogP contribution >= 0.6 is 0 Å². The van der Waals surface area contributed by atoms with E-state index in [0.29, 0.717) is 12.5 Å². The number of ether oxygens (including phenoxy) is 2. The van der Waals surface area contributed by atoms with Gasteiger partial charge < -0.3 is 9.47 Å². The summed E-state index contributed by atoms with van der Waals surface area (Å²) < 4.78 is 11.5. The zero-order valence-electron chi connectivity index (χ0n) is 14.4. The topological polar surface area (TPSA) is 45.2 Å². The summed E-state index contributed by atoms with van der Waals surface area (Å²) >= 11 is 0. The lowest BCUT2D eigenvalue weighted by Crippen LogP contribution is -2.59. The predicted molar refractivity (Wildman–Crippen MR) is 88.1 cm³/mol. The summed E-state index contributed by atoms with van der Waals surface area (Å²) in [6, 6.07) is 0.559. The fraction of sp³-hybridized carbons (Fsp3) is 0.824. The Hall–Kier alpha value is -0.950. The Morgan fingerprint density at radius 3 is 2.48 bits per heavy atom. The number of piperazine rings is 1. The van der Waals surface area contributed by atoms with Gasteiger partial charge in [-0.25, -0.2) is 0 Å². The second-order valence-electron chi connectivity index (χ2n) is 6.94. The van der Waals surface area contributed by atoms with Gasteiger partial charge in [-0.3, -0.25) is 19.5 Å². The summed E-state index contributed by atoms with van der Waals surface area (Å²) in [6.07, 6.45) is 3.76. The zero-order valence-corrected chi connectivity index (χ0v) is 14.4. The summed E-state index contributed by atoms with van der Waals surface area (Å²) in [5.74, 6) is 0.935. The van der Waals surface area contributed by atoms with Crippen molar-refractivity contribution in [1.82, 2.24) is 14.7 Å². The van der Waals surface area contributed by atoms with E-state index in [1.807, 2.05) is 0 Å². The van der Waals surface area contributed by atoms with Gasteiger partial charge in [-0.1, -0.05) is 0 Å². The number of carbonyl (C=O) groups excluding carboxylic acids is 1. The van der Waals surface area contributed by atoms with E-state index in [1.54, 1.807) is 0 Å². The van der Waals surface area contributed by atoms with Crippen molar-refractivity contribution in [3.05, 3.63) is 11.8 Å². The number of hydrogen-bond donors (Lipinski definition) is 0. The van der Waals surface area contributed by atoms with Gasteiger partial charge in [0.1, 0.15) is 5.76 Å². The number of carbonyl (C=O) groups is 1. The van der Waals surface area contributed by atoms with Gasteiger partial charge in [-0.2, -0.15) is 0 Å². The van der Waals surface area contributed by atoms with Gasteiger partial charge >= 0.3 is 0 Å². The van der Waals surface area contributed by atoms with E-state index in [4.69, 9.17) is 9.47 Å². The lowest BCUT2D eigenvalue weighted by atomic mass is 10.1. The first-order valence-corrected chi connectivity index (χ1v) is 8.76. The first kappa shape index (κ1) is 16.9. The van der Waals surface area contributed by atoms with Crippen molar-refractivity contribution >= 4 is 6.29 Å². The quantitative estimate of drug-likeness (QED) is 0.689. The molecule has 0 bridgehead atoms. The summed E-state index contributed by atoms with van der Waals surface area (Å²) in [5, 5.41) is 0. The molecule has 130 valence electrons. The second-order valence-corrected chi connectivity index (χ2v) is 6.94. The number of morpholine rings is 1. The average molecular weight is 323 g/mol. The third-order valence-electron chi connectivity index (χ3n) is 5.18. The smallest absolute Gasteiger partial charge is 0.222 e. The molecule has 6 nitrogen and oxygen atoms in total. The monoisotopic (exact) mass is 323 g/mol. The molecule has 0 N–H and O–H groups in total. The maximum Gasteiger partial charge on any atom is 0.222 e. The summed E-state index contributed by atoms with van der Waals surface area (Å²) in [4.78, 5) is 18.8. The molecule has 0 aromatic heterocycles. The first-order valence-electron chi connectivity index (χ1n) is 8.76. The van der Waals surface area contributed by atoms with Gasteiger partial charge in [0.15, 0.2) is 6.29 Å². The highest BCUT2D eigenvalue weighted by Crippen LogP contribution is 2.31. The van der Waals surface area contributed by atoms with Crippen LogP contribution in [0.1, 0.15) is 20.3 Å². The molecule has 3 aliphatic heterocycles. The molecule has 3 heterocycles. The summed E-state index contributed by atoms with van der Waals surface area (Å²) in [7, 11) is 0. The molecule has 23 heavy (non-hydrogen) atoms. The highest BCUT2D eigenvalue weighted by molar-refractivity contribution is 5.63. The fourth-order valence-electron chi connectivity index (χ4n) is 3.60. The molecule has 3 aliphatic rings. The Morgan fingerprint density at radius 1 is 1.17 bits per heavy atom. The second kappa shape index (κ2) is 7.30. The molecular weight excluding hydrogens is 294 g/mol. The van der Waals surface area contributed by atoms with Gasteiger partial charge in [0.25, 0.3) is 0 Å². The van der Waals surface area contributed by atoms with Gasteiger partial charge in [0.05, 0.1) is 19.8 Å². The SMILES string of the molecule is CC(C)N1CCN(C2(C=O)CC=C(CN3CCOCC3)O2)CC1. The van der Waals surface area contributed by atoms with Crippen molar-refractivity contribution < 1.29 is 14.3 Å². The van der Waals surface area contributed by atoms with Crippen molar-refractivity contribution in [2.75, 3.05) is 59.0 Å². The van der Waals surface area contributed by atoms with Crippen molar-refractivity contribution in [2.45, 2.75) is 32.0 Å². The fourth-order valence-corrected chi connectivity index (χ4v) is 3.60. The number of rotatable bonds is 5. The van der Waals surface area contributed by atoms with E-state index in [1.165, 1.54) is 0 Å². The molecule has 1 atom stereocenters. The maximum absolute atomic E-state index is 11.8. The molecule has 0 saturated carbocycles. The van der Waals surface area contributed by atoms with E-state index in [9.17, 15) is 4.79 Å². The lowest BCUT2D eigenvalue weighted by Gasteiger charge is -2.43. The number of aldehydes is 1. The van der Waals surface area contributed by atoms with Crippen LogP contribution in [-0.2, 0) is 14.3 Å². The van der Waals surface area contributed by atoms with E-state index in [0.717, 1.165) is 71.1 Å². The molecule has 2 fully saturated rings. The molecule has 0 spiro atoms. The molecule has 3 rings (SSSR count). The third kappa shape index (κ3) is 3.76. The Balaban J connectivity index is 1.55. The molecule has 1 unspecified atom stereocenters. The first-order chi connectivity index (χ1) is 11.1. The van der Waals surface area contributed by atoms with Crippen LogP contribution in [-0.4, -0.2) is 91.8 Å². The molecule has 0 amide bonds. The molecular formula is C17H29N3O3. The van der Waals surface area contributed by atoms with E-state index in [2.05, 4.69) is 34.6 Å². The lowest BCUT2D eigenvalue weighted by molar-refractivity contribution is -0.154. The van der Waals surface area contributed by atoms with Crippen LogP contribution < -0.4 is 0 Å². The molecule has 0 aliphatic carbocycles. The minimum atomic E-state index is -0.773. The van der Waals surface area contributed by atoms with Crippen molar-refractivity contribution in [1.29, 1.82) is 0 Å². The van der Waals surface area contributed by atoms with Crippen LogP contribution in [0.5, 0.6) is 0 Å². The predicted octanol–water partition coefficient (Wildman–Crippen LogP) is 0.544. The van der Waals surface area contributed by atoms with Crippen LogP contribution in [0.3, 0.4) is 0 Å². The Labute approximate surface area is 139 Å². The molecule has 2 saturated heterocycles. The average Bonchev–Trinajstić information content (AvgIpc) is 3.00.